The molecule has 1 aliphatic heterocycles. The van der Waals surface area contributed by atoms with Gasteiger partial charge in [0.1, 0.15) is 5.75 Å². The van der Waals surface area contributed by atoms with Gasteiger partial charge in [-0.3, -0.25) is 14.2 Å². The van der Waals surface area contributed by atoms with Crippen molar-refractivity contribution in [2.45, 2.75) is 26.8 Å². The van der Waals surface area contributed by atoms with Gasteiger partial charge >= 0.3 is 11.9 Å². The van der Waals surface area contributed by atoms with Gasteiger partial charge in [-0.15, -0.1) is 0 Å². The Morgan fingerprint density at radius 3 is 2.32 bits per heavy atom. The summed E-state index contributed by atoms with van der Waals surface area (Å²) in [7, 11) is 0. The molecule has 0 fully saturated rings. The molecular weight excluding hydrogens is 576 g/mol. The molecule has 5 aromatic rings. The van der Waals surface area contributed by atoms with Crippen LogP contribution in [0.3, 0.4) is 0 Å². The molecule has 0 saturated carbocycles. The zero-order valence-corrected chi connectivity index (χ0v) is 25.1. The van der Waals surface area contributed by atoms with E-state index in [2.05, 4.69) is 4.99 Å². The summed E-state index contributed by atoms with van der Waals surface area (Å²) < 4.78 is 14.3. The summed E-state index contributed by atoms with van der Waals surface area (Å²) in [6.07, 6.45) is 3.72. The monoisotopic (exact) mass is 604 g/mol. The number of allylic oxidation sites excluding steroid dienone is 1. The summed E-state index contributed by atoms with van der Waals surface area (Å²) in [5.74, 6) is -0.636. The standard InChI is InChI=1S/C34H28N4O5S/c1-4-42-33(41)29-21(2)35-34-38(31(29)24-15-17-27(18-16-24)43-22(3)39)32(40)28(44-34)19-25-20-37(26-13-9-6-10-14-26)36-30(25)23-11-7-5-8-12-23/h5-20,31H,4H2,1-3H3/t31-/m1/s1. The summed E-state index contributed by atoms with van der Waals surface area (Å²) in [6.45, 7) is 4.96. The first kappa shape index (κ1) is 28.8. The molecule has 0 N–H and O–H groups in total. The van der Waals surface area contributed by atoms with Crippen LogP contribution < -0.4 is 19.6 Å². The molecule has 10 heteroatoms. The highest BCUT2D eigenvalue weighted by Crippen LogP contribution is 2.32. The van der Waals surface area contributed by atoms with Crippen LogP contribution >= 0.6 is 11.3 Å². The highest BCUT2D eigenvalue weighted by atomic mass is 32.1. The largest absolute Gasteiger partial charge is 0.463 e. The average Bonchev–Trinajstić information content (AvgIpc) is 3.58. The maximum atomic E-state index is 14.2. The molecule has 1 atom stereocenters. The minimum atomic E-state index is -0.792. The topological polar surface area (TPSA) is 105 Å². The summed E-state index contributed by atoms with van der Waals surface area (Å²) >= 11 is 1.24. The fourth-order valence-electron chi connectivity index (χ4n) is 5.16. The molecule has 6 rings (SSSR count). The van der Waals surface area contributed by atoms with Gasteiger partial charge in [0, 0.05) is 24.2 Å². The van der Waals surface area contributed by atoms with E-state index in [0.29, 0.717) is 26.3 Å². The van der Waals surface area contributed by atoms with Crippen LogP contribution in [-0.4, -0.2) is 32.9 Å². The molecule has 0 aliphatic carbocycles. The average molecular weight is 605 g/mol. The number of thiazole rings is 1. The van der Waals surface area contributed by atoms with Gasteiger partial charge in [0.2, 0.25) is 0 Å². The van der Waals surface area contributed by atoms with E-state index in [1.165, 1.54) is 22.8 Å². The van der Waals surface area contributed by atoms with Gasteiger partial charge in [-0.05, 0) is 49.8 Å². The Bertz CT molecular complexity index is 2080. The third kappa shape index (κ3) is 5.55. The Hall–Kier alpha value is -5.35. The lowest BCUT2D eigenvalue weighted by Crippen LogP contribution is -2.39. The summed E-state index contributed by atoms with van der Waals surface area (Å²) in [6, 6.07) is 25.5. The zero-order chi connectivity index (χ0) is 30.8. The number of fused-ring (bicyclic) bond motifs is 1. The molecule has 2 aromatic heterocycles. The highest BCUT2D eigenvalue weighted by Gasteiger charge is 2.33. The van der Waals surface area contributed by atoms with E-state index in [1.807, 2.05) is 72.9 Å². The first-order chi connectivity index (χ1) is 21.3. The van der Waals surface area contributed by atoms with Crippen LogP contribution in [0.15, 0.2) is 112 Å². The zero-order valence-electron chi connectivity index (χ0n) is 24.3. The van der Waals surface area contributed by atoms with Crippen LogP contribution in [0.5, 0.6) is 5.75 Å². The van der Waals surface area contributed by atoms with E-state index in [9.17, 15) is 14.4 Å². The Balaban J connectivity index is 1.53. The van der Waals surface area contributed by atoms with E-state index in [0.717, 1.165) is 22.5 Å². The number of hydrogen-bond donors (Lipinski definition) is 0. The van der Waals surface area contributed by atoms with Gasteiger partial charge in [0.25, 0.3) is 5.56 Å². The van der Waals surface area contributed by atoms with Crippen molar-refractivity contribution in [2.75, 3.05) is 6.61 Å². The first-order valence-corrected chi connectivity index (χ1v) is 14.8. The van der Waals surface area contributed by atoms with E-state index >= 15 is 0 Å². The number of benzene rings is 3. The maximum Gasteiger partial charge on any atom is 0.338 e. The van der Waals surface area contributed by atoms with Crippen molar-refractivity contribution >= 4 is 29.4 Å². The van der Waals surface area contributed by atoms with Crippen LogP contribution in [-0.2, 0) is 14.3 Å². The van der Waals surface area contributed by atoms with Crippen molar-refractivity contribution in [2.24, 2.45) is 4.99 Å². The van der Waals surface area contributed by atoms with Gasteiger partial charge < -0.3 is 9.47 Å². The van der Waals surface area contributed by atoms with Crippen molar-refractivity contribution in [1.29, 1.82) is 0 Å². The smallest absolute Gasteiger partial charge is 0.338 e. The molecule has 220 valence electrons. The van der Waals surface area contributed by atoms with Crippen molar-refractivity contribution in [1.82, 2.24) is 14.3 Å². The van der Waals surface area contributed by atoms with E-state index in [-0.39, 0.29) is 17.7 Å². The fraction of sp³-hybridized carbons (Fsp3) is 0.147. The lowest BCUT2D eigenvalue weighted by Gasteiger charge is -2.24. The lowest BCUT2D eigenvalue weighted by atomic mass is 9.96. The number of ether oxygens (including phenoxy) is 2. The number of para-hydroxylation sites is 1. The van der Waals surface area contributed by atoms with Crippen molar-refractivity contribution in [3.8, 4) is 22.7 Å². The van der Waals surface area contributed by atoms with E-state index in [1.54, 1.807) is 42.8 Å². The second kappa shape index (κ2) is 12.1. The second-order valence-corrected chi connectivity index (χ2v) is 11.1. The molecule has 0 bridgehead atoms. The summed E-state index contributed by atoms with van der Waals surface area (Å²) in [5, 5.41) is 4.87. The van der Waals surface area contributed by atoms with Crippen LogP contribution in [0, 0.1) is 0 Å². The molecule has 3 heterocycles. The minimum absolute atomic E-state index is 0.172. The number of carbonyl (C=O) groups excluding carboxylic acids is 2. The molecule has 0 spiro atoms. The molecule has 9 nitrogen and oxygen atoms in total. The predicted octanol–water partition coefficient (Wildman–Crippen LogP) is 4.58. The molecule has 0 amide bonds. The Labute approximate surface area is 256 Å². The molecule has 0 radical (unpaired) electrons. The highest BCUT2D eigenvalue weighted by molar-refractivity contribution is 7.07. The van der Waals surface area contributed by atoms with Gasteiger partial charge in [0.15, 0.2) is 4.80 Å². The minimum Gasteiger partial charge on any atom is -0.463 e. The quantitative estimate of drug-likeness (QED) is 0.199. The third-order valence-corrected chi connectivity index (χ3v) is 8.05. The van der Waals surface area contributed by atoms with Crippen molar-refractivity contribution < 1.29 is 19.1 Å². The molecule has 0 unspecified atom stereocenters. The normalized spacial score (nSPS) is 14.6. The van der Waals surface area contributed by atoms with Crippen LogP contribution in [0.25, 0.3) is 23.0 Å². The van der Waals surface area contributed by atoms with Crippen LogP contribution in [0.4, 0.5) is 0 Å². The third-order valence-electron chi connectivity index (χ3n) is 7.07. The number of hydrogen-bond acceptors (Lipinski definition) is 8. The Kier molecular flexibility index (Phi) is 7.91. The van der Waals surface area contributed by atoms with Gasteiger partial charge in [-0.2, -0.15) is 5.10 Å². The molecular formula is C34H28N4O5S. The second-order valence-electron chi connectivity index (χ2n) is 10.0. The fourth-order valence-corrected chi connectivity index (χ4v) is 6.20. The van der Waals surface area contributed by atoms with Gasteiger partial charge in [-0.25, -0.2) is 14.5 Å². The van der Waals surface area contributed by atoms with Crippen LogP contribution in [0.2, 0.25) is 0 Å². The Morgan fingerprint density at radius 1 is 0.977 bits per heavy atom. The van der Waals surface area contributed by atoms with Crippen LogP contribution in [0.1, 0.15) is 37.9 Å². The number of aromatic nitrogens is 3. The van der Waals surface area contributed by atoms with Crippen molar-refractivity contribution in [3.05, 3.63) is 133 Å². The number of nitrogens with zero attached hydrogens (tertiary/aromatic N) is 4. The van der Waals surface area contributed by atoms with Gasteiger partial charge in [-0.1, -0.05) is 72.0 Å². The molecule has 1 aliphatic rings. The Morgan fingerprint density at radius 2 is 1.66 bits per heavy atom. The molecule has 3 aromatic carbocycles. The van der Waals surface area contributed by atoms with E-state index < -0.39 is 18.0 Å². The summed E-state index contributed by atoms with van der Waals surface area (Å²) in [4.78, 5) is 44.0. The molecule has 0 saturated heterocycles. The number of carbonyl (C=O) groups is 2. The maximum absolute atomic E-state index is 14.2. The summed E-state index contributed by atoms with van der Waals surface area (Å²) in [5.41, 5.74) is 4.36. The van der Waals surface area contributed by atoms with E-state index in [4.69, 9.17) is 14.6 Å². The number of rotatable bonds is 7. The van der Waals surface area contributed by atoms with Gasteiger partial charge in [0.05, 0.1) is 39.8 Å². The number of esters is 2. The van der Waals surface area contributed by atoms with Crippen molar-refractivity contribution in [3.63, 3.8) is 0 Å². The molecule has 44 heavy (non-hydrogen) atoms. The first-order valence-electron chi connectivity index (χ1n) is 14.0. The lowest BCUT2D eigenvalue weighted by molar-refractivity contribution is -0.139. The SMILES string of the molecule is CCOC(=O)C1=C(C)N=c2sc(=Cc3cn(-c4ccccc4)nc3-c3ccccc3)c(=O)n2[C@@H]1c1ccc(OC(C)=O)cc1. The predicted molar refractivity (Wildman–Crippen MR) is 167 cm³/mol.